The summed E-state index contributed by atoms with van der Waals surface area (Å²) in [6.45, 7) is -0.152. The molecule has 2 nitrogen and oxygen atoms in total. The number of aliphatic hydroxyl groups is 1. The fraction of sp³-hybridized carbons (Fsp3) is 0.417. The van der Waals surface area contributed by atoms with E-state index in [0.29, 0.717) is 12.5 Å². The smallest absolute Gasteiger partial charge is 0.396 e. The van der Waals surface area contributed by atoms with Gasteiger partial charge in [-0.2, -0.15) is 18.4 Å². The molecule has 0 aromatic heterocycles. The highest BCUT2D eigenvalue weighted by atomic mass is 19.4. The van der Waals surface area contributed by atoms with Gasteiger partial charge in [0.15, 0.2) is 0 Å². The van der Waals surface area contributed by atoms with Crippen molar-refractivity contribution in [1.82, 2.24) is 0 Å². The molecule has 0 spiro atoms. The molecular formula is C12H11F4NO. The fourth-order valence-corrected chi connectivity index (χ4v) is 1.57. The normalized spacial score (nSPS) is 13.1. The van der Waals surface area contributed by atoms with Crippen LogP contribution in [-0.4, -0.2) is 11.7 Å². The average molecular weight is 261 g/mol. The maximum absolute atomic E-state index is 13.5. The van der Waals surface area contributed by atoms with Gasteiger partial charge in [-0.15, -0.1) is 0 Å². The molecule has 1 aromatic rings. The summed E-state index contributed by atoms with van der Waals surface area (Å²) in [6.07, 6.45) is -4.11. The Morgan fingerprint density at radius 1 is 1.33 bits per heavy atom. The van der Waals surface area contributed by atoms with Crippen LogP contribution in [-0.2, 0) is 6.18 Å². The lowest BCUT2D eigenvalue weighted by Gasteiger charge is -2.12. The second-order valence-electron chi connectivity index (χ2n) is 3.78. The summed E-state index contributed by atoms with van der Waals surface area (Å²) in [5.41, 5.74) is -1.15. The number of halogens is 4. The van der Waals surface area contributed by atoms with Crippen LogP contribution in [0.5, 0.6) is 0 Å². The molecule has 0 radical (unpaired) electrons. The van der Waals surface area contributed by atoms with Crippen LogP contribution in [0.15, 0.2) is 18.2 Å². The van der Waals surface area contributed by atoms with Crippen LogP contribution < -0.4 is 0 Å². The summed E-state index contributed by atoms with van der Waals surface area (Å²) in [7, 11) is 0. The van der Waals surface area contributed by atoms with Gasteiger partial charge < -0.3 is 5.11 Å². The van der Waals surface area contributed by atoms with E-state index in [0.717, 1.165) is 12.1 Å². The Balaban J connectivity index is 3.01. The van der Waals surface area contributed by atoms with E-state index in [1.165, 1.54) is 0 Å². The number of hydrogen-bond acceptors (Lipinski definition) is 2. The number of benzene rings is 1. The molecule has 0 heterocycles. The molecule has 0 amide bonds. The van der Waals surface area contributed by atoms with Crippen LogP contribution in [0.3, 0.4) is 0 Å². The number of alkyl halides is 3. The third-order valence-electron chi connectivity index (χ3n) is 2.51. The van der Waals surface area contributed by atoms with E-state index in [1.807, 2.05) is 6.07 Å². The standard InChI is InChI=1S/C12H11F4NO/c13-11-6-9(12(14,15)16)3-4-10(11)8(7-17)2-1-5-18/h3-4,6,8,18H,1-2,5H2. The highest BCUT2D eigenvalue weighted by molar-refractivity contribution is 5.31. The first-order valence-corrected chi connectivity index (χ1v) is 5.27. The number of hydrogen-bond donors (Lipinski definition) is 1. The van der Waals surface area contributed by atoms with Gasteiger partial charge in [0.1, 0.15) is 5.82 Å². The Kier molecular flexibility index (Phi) is 4.68. The molecule has 1 atom stereocenters. The molecule has 0 aliphatic carbocycles. The van der Waals surface area contributed by atoms with Crippen LogP contribution in [0, 0.1) is 17.1 Å². The summed E-state index contributed by atoms with van der Waals surface area (Å²) in [5.74, 6) is -1.89. The second-order valence-corrected chi connectivity index (χ2v) is 3.78. The largest absolute Gasteiger partial charge is 0.416 e. The monoisotopic (exact) mass is 261 g/mol. The minimum Gasteiger partial charge on any atom is -0.396 e. The van der Waals surface area contributed by atoms with Crippen LogP contribution >= 0.6 is 0 Å². The highest BCUT2D eigenvalue weighted by Gasteiger charge is 2.31. The van der Waals surface area contributed by atoms with Crippen molar-refractivity contribution in [3.8, 4) is 6.07 Å². The van der Waals surface area contributed by atoms with Gasteiger partial charge >= 0.3 is 6.18 Å². The number of nitriles is 1. The predicted octanol–water partition coefficient (Wildman–Crippen LogP) is 3.22. The lowest BCUT2D eigenvalue weighted by atomic mass is 9.94. The third-order valence-corrected chi connectivity index (χ3v) is 2.51. The minimum atomic E-state index is -4.60. The molecule has 0 aliphatic heterocycles. The van der Waals surface area contributed by atoms with Gasteiger partial charge in [-0.05, 0) is 25.0 Å². The van der Waals surface area contributed by atoms with Crippen molar-refractivity contribution >= 4 is 0 Å². The Labute approximate surface area is 101 Å². The maximum atomic E-state index is 13.5. The summed E-state index contributed by atoms with van der Waals surface area (Å²) >= 11 is 0. The lowest BCUT2D eigenvalue weighted by molar-refractivity contribution is -0.137. The summed E-state index contributed by atoms with van der Waals surface area (Å²) < 4.78 is 50.5. The van der Waals surface area contributed by atoms with Gasteiger partial charge in [-0.3, -0.25) is 0 Å². The number of nitrogens with zero attached hydrogens (tertiary/aromatic N) is 1. The van der Waals surface area contributed by atoms with E-state index >= 15 is 0 Å². The third kappa shape index (κ3) is 3.44. The zero-order valence-electron chi connectivity index (χ0n) is 9.34. The zero-order valence-corrected chi connectivity index (χ0v) is 9.34. The minimum absolute atomic E-state index is 0.0704. The van der Waals surface area contributed by atoms with Crippen LogP contribution in [0.4, 0.5) is 17.6 Å². The van der Waals surface area contributed by atoms with Gasteiger partial charge in [0.2, 0.25) is 0 Å². The van der Waals surface area contributed by atoms with Gasteiger partial charge in [-0.25, -0.2) is 4.39 Å². The van der Waals surface area contributed by atoms with Crippen LogP contribution in [0.1, 0.15) is 29.9 Å². The quantitative estimate of drug-likeness (QED) is 0.846. The Morgan fingerprint density at radius 3 is 2.44 bits per heavy atom. The highest BCUT2D eigenvalue weighted by Crippen LogP contribution is 2.32. The van der Waals surface area contributed by atoms with E-state index < -0.39 is 23.5 Å². The zero-order chi connectivity index (χ0) is 13.8. The summed E-state index contributed by atoms with van der Waals surface area (Å²) in [4.78, 5) is 0. The Morgan fingerprint density at radius 2 is 2.00 bits per heavy atom. The second kappa shape index (κ2) is 5.83. The molecule has 18 heavy (non-hydrogen) atoms. The summed E-state index contributed by atoms with van der Waals surface area (Å²) in [6, 6.07) is 3.93. The van der Waals surface area contributed by atoms with E-state index in [2.05, 4.69) is 0 Å². The molecule has 0 bridgehead atoms. The van der Waals surface area contributed by atoms with Gasteiger partial charge in [0, 0.05) is 12.2 Å². The fourth-order valence-electron chi connectivity index (χ4n) is 1.57. The molecule has 1 rings (SSSR count). The average Bonchev–Trinajstić information content (AvgIpc) is 2.30. The van der Waals surface area contributed by atoms with E-state index in [4.69, 9.17) is 10.4 Å². The molecule has 1 N–H and O–H groups in total. The van der Waals surface area contributed by atoms with E-state index in [-0.39, 0.29) is 18.6 Å². The maximum Gasteiger partial charge on any atom is 0.416 e. The van der Waals surface area contributed by atoms with Crippen molar-refractivity contribution in [1.29, 1.82) is 5.26 Å². The first-order chi connectivity index (χ1) is 8.40. The first-order valence-electron chi connectivity index (χ1n) is 5.27. The predicted molar refractivity (Wildman–Crippen MR) is 56.1 cm³/mol. The van der Waals surface area contributed by atoms with Gasteiger partial charge in [-0.1, -0.05) is 6.07 Å². The van der Waals surface area contributed by atoms with Crippen molar-refractivity contribution in [2.75, 3.05) is 6.61 Å². The first kappa shape index (κ1) is 14.5. The lowest BCUT2D eigenvalue weighted by Crippen LogP contribution is -2.08. The van der Waals surface area contributed by atoms with Crippen LogP contribution in [0.2, 0.25) is 0 Å². The molecule has 1 unspecified atom stereocenters. The van der Waals surface area contributed by atoms with Crippen LogP contribution in [0.25, 0.3) is 0 Å². The molecular weight excluding hydrogens is 250 g/mol. The molecule has 0 saturated carbocycles. The van der Waals surface area contributed by atoms with E-state index in [1.54, 1.807) is 0 Å². The SMILES string of the molecule is N#CC(CCCO)c1ccc(C(F)(F)F)cc1F. The van der Waals surface area contributed by atoms with E-state index in [9.17, 15) is 17.6 Å². The Bertz CT molecular complexity index is 450. The Hall–Kier alpha value is -1.61. The molecule has 98 valence electrons. The topological polar surface area (TPSA) is 44.0 Å². The molecule has 1 aromatic carbocycles. The van der Waals surface area contributed by atoms with Crippen molar-refractivity contribution in [2.45, 2.75) is 24.9 Å². The number of aliphatic hydroxyl groups excluding tert-OH is 1. The number of rotatable bonds is 4. The van der Waals surface area contributed by atoms with Gasteiger partial charge in [0.25, 0.3) is 0 Å². The molecule has 0 aliphatic rings. The van der Waals surface area contributed by atoms with Crippen molar-refractivity contribution in [3.05, 3.63) is 35.1 Å². The van der Waals surface area contributed by atoms with Crippen molar-refractivity contribution < 1.29 is 22.7 Å². The van der Waals surface area contributed by atoms with Crippen molar-refractivity contribution in [3.63, 3.8) is 0 Å². The molecule has 0 fully saturated rings. The van der Waals surface area contributed by atoms with Gasteiger partial charge in [0.05, 0.1) is 17.6 Å². The molecule has 6 heteroatoms. The molecule has 0 saturated heterocycles. The van der Waals surface area contributed by atoms with Crippen molar-refractivity contribution in [2.24, 2.45) is 0 Å². The summed E-state index contributed by atoms with van der Waals surface area (Å²) in [5, 5.41) is 17.5.